The van der Waals surface area contributed by atoms with Crippen LogP contribution in [0.1, 0.15) is 38.2 Å². The van der Waals surface area contributed by atoms with Crippen LogP contribution in [-0.2, 0) is 43.9 Å². The number of rotatable bonds is 11. The maximum atomic E-state index is 12.3. The van der Waals surface area contributed by atoms with Gasteiger partial charge in [-0.15, -0.1) is 0 Å². The number of benzene rings is 2. The SMILES string of the molecule is CCOP(OCC)O[C@H]1O[C@@H]2COC(c3ccccc3)O[C@H]2[C@H](OCc2ccccc2)[C@H]1NC(C)=O. The third kappa shape index (κ3) is 7.09. The van der Waals surface area contributed by atoms with E-state index >= 15 is 0 Å². The van der Waals surface area contributed by atoms with E-state index in [4.69, 9.17) is 32.5 Å². The Morgan fingerprint density at radius 2 is 1.67 bits per heavy atom. The molecule has 2 aliphatic rings. The molecule has 2 fully saturated rings. The molecule has 36 heavy (non-hydrogen) atoms. The minimum absolute atomic E-state index is 0.243. The first-order valence-corrected chi connectivity index (χ1v) is 13.3. The number of nitrogens with one attached hydrogen (secondary N) is 1. The summed E-state index contributed by atoms with van der Waals surface area (Å²) >= 11 is 0. The van der Waals surface area contributed by atoms with Gasteiger partial charge in [0.05, 0.1) is 26.4 Å². The third-order valence-corrected chi connectivity index (χ3v) is 7.04. The van der Waals surface area contributed by atoms with E-state index in [0.717, 1.165) is 11.1 Å². The molecule has 10 heteroatoms. The molecule has 2 aromatic rings. The number of hydrogen-bond donors (Lipinski definition) is 1. The highest BCUT2D eigenvalue weighted by Gasteiger charge is 2.52. The van der Waals surface area contributed by atoms with Crippen molar-refractivity contribution in [1.82, 2.24) is 5.32 Å². The summed E-state index contributed by atoms with van der Waals surface area (Å²) in [5, 5.41) is 2.96. The monoisotopic (exact) mass is 519 g/mol. The van der Waals surface area contributed by atoms with Crippen LogP contribution in [0, 0.1) is 0 Å². The Hall–Kier alpha value is -1.94. The minimum Gasteiger partial charge on any atom is -0.368 e. The van der Waals surface area contributed by atoms with Gasteiger partial charge in [-0.1, -0.05) is 60.7 Å². The maximum absolute atomic E-state index is 12.3. The highest BCUT2D eigenvalue weighted by Crippen LogP contribution is 2.45. The number of fused-ring (bicyclic) bond motifs is 1. The van der Waals surface area contributed by atoms with Gasteiger partial charge in [0.1, 0.15) is 24.4 Å². The zero-order chi connectivity index (χ0) is 25.3. The quantitative estimate of drug-likeness (QED) is 0.441. The molecule has 2 aliphatic heterocycles. The van der Waals surface area contributed by atoms with Crippen LogP contribution < -0.4 is 5.32 Å². The average molecular weight is 520 g/mol. The molecule has 2 heterocycles. The van der Waals surface area contributed by atoms with E-state index in [9.17, 15) is 4.79 Å². The molecular weight excluding hydrogens is 485 g/mol. The second-order valence-corrected chi connectivity index (χ2v) is 9.55. The molecule has 2 aromatic carbocycles. The van der Waals surface area contributed by atoms with E-state index in [-0.39, 0.29) is 12.5 Å². The van der Waals surface area contributed by atoms with E-state index in [2.05, 4.69) is 5.32 Å². The summed E-state index contributed by atoms with van der Waals surface area (Å²) < 4.78 is 42.5. The third-order valence-electron chi connectivity index (χ3n) is 5.72. The van der Waals surface area contributed by atoms with E-state index < -0.39 is 45.5 Å². The molecule has 1 unspecified atom stereocenters. The van der Waals surface area contributed by atoms with Crippen molar-refractivity contribution in [1.29, 1.82) is 0 Å². The highest BCUT2D eigenvalue weighted by molar-refractivity contribution is 7.41. The maximum Gasteiger partial charge on any atom is 0.335 e. The molecule has 0 spiro atoms. The van der Waals surface area contributed by atoms with Crippen molar-refractivity contribution in [3.8, 4) is 0 Å². The van der Waals surface area contributed by atoms with Gasteiger partial charge in [-0.25, -0.2) is 0 Å². The Morgan fingerprint density at radius 1 is 1.00 bits per heavy atom. The zero-order valence-corrected chi connectivity index (χ0v) is 21.7. The van der Waals surface area contributed by atoms with Crippen LogP contribution in [0.15, 0.2) is 60.7 Å². The van der Waals surface area contributed by atoms with Crippen molar-refractivity contribution in [2.45, 2.75) is 64.3 Å². The first-order chi connectivity index (χ1) is 17.6. The van der Waals surface area contributed by atoms with Gasteiger partial charge >= 0.3 is 8.60 Å². The molecule has 1 N–H and O–H groups in total. The molecule has 0 saturated carbocycles. The van der Waals surface area contributed by atoms with Crippen molar-refractivity contribution in [3.05, 3.63) is 71.8 Å². The molecule has 9 nitrogen and oxygen atoms in total. The molecule has 2 saturated heterocycles. The summed E-state index contributed by atoms with van der Waals surface area (Å²) in [6, 6.07) is 18.9. The summed E-state index contributed by atoms with van der Waals surface area (Å²) in [4.78, 5) is 12.3. The van der Waals surface area contributed by atoms with Gasteiger partial charge in [-0.05, 0) is 19.4 Å². The van der Waals surface area contributed by atoms with Gasteiger partial charge in [0.25, 0.3) is 0 Å². The summed E-state index contributed by atoms with van der Waals surface area (Å²) in [6.07, 6.45) is -3.07. The molecular formula is C26H34NO8P. The molecule has 196 valence electrons. The van der Waals surface area contributed by atoms with Gasteiger partial charge in [0.2, 0.25) is 5.91 Å². The Morgan fingerprint density at radius 3 is 2.31 bits per heavy atom. The first-order valence-electron chi connectivity index (χ1n) is 12.2. The topological polar surface area (TPSA) is 93.7 Å². The van der Waals surface area contributed by atoms with Gasteiger partial charge in [-0.2, -0.15) is 0 Å². The van der Waals surface area contributed by atoms with Crippen LogP contribution in [0.3, 0.4) is 0 Å². The standard InChI is InChI=1S/C26H34NO8P/c1-4-31-36(32-5-2)35-26-22(27-18(3)28)24(29-16-19-12-8-6-9-13-19)23-21(33-26)17-30-25(34-23)20-14-10-7-11-15-20/h6-15,21-26H,4-5,16-17H2,1-3H3,(H,27,28)/t21-,22-,23-,24-,25?,26-/m1/s1. The Bertz CT molecular complexity index is 930. The van der Waals surface area contributed by atoms with Crippen LogP contribution in [0.2, 0.25) is 0 Å². The lowest BCUT2D eigenvalue weighted by Gasteiger charge is -2.49. The van der Waals surface area contributed by atoms with E-state index in [1.807, 2.05) is 74.5 Å². The number of carbonyl (C=O) groups excluding carboxylic acids is 1. The molecule has 6 atom stereocenters. The van der Waals surface area contributed by atoms with Gasteiger partial charge in [-0.3, -0.25) is 9.32 Å². The Labute approximate surface area is 213 Å². The smallest absolute Gasteiger partial charge is 0.335 e. The van der Waals surface area contributed by atoms with Crippen LogP contribution in [-0.4, -0.2) is 56.4 Å². The van der Waals surface area contributed by atoms with E-state index in [1.165, 1.54) is 6.92 Å². The Balaban J connectivity index is 1.60. The molecule has 4 rings (SSSR count). The van der Waals surface area contributed by atoms with Gasteiger partial charge in [0.15, 0.2) is 12.6 Å². The number of amides is 1. The van der Waals surface area contributed by atoms with Crippen molar-refractivity contribution in [2.75, 3.05) is 19.8 Å². The van der Waals surface area contributed by atoms with Crippen LogP contribution in [0.25, 0.3) is 0 Å². The van der Waals surface area contributed by atoms with Crippen molar-refractivity contribution >= 4 is 14.5 Å². The summed E-state index contributed by atoms with van der Waals surface area (Å²) in [5.74, 6) is -0.243. The van der Waals surface area contributed by atoms with Crippen LogP contribution >= 0.6 is 8.60 Å². The molecule has 1 amide bonds. The van der Waals surface area contributed by atoms with Gasteiger partial charge in [0, 0.05) is 12.5 Å². The minimum atomic E-state index is -1.69. The lowest BCUT2D eigenvalue weighted by atomic mass is 9.95. The van der Waals surface area contributed by atoms with Crippen molar-refractivity contribution in [3.63, 3.8) is 0 Å². The van der Waals surface area contributed by atoms with Crippen LogP contribution in [0.5, 0.6) is 0 Å². The predicted molar refractivity (Wildman–Crippen MR) is 133 cm³/mol. The second-order valence-electron chi connectivity index (χ2n) is 8.37. The lowest BCUT2D eigenvalue weighted by molar-refractivity contribution is -0.340. The second kappa shape index (κ2) is 13.6. The number of hydrogen-bond acceptors (Lipinski definition) is 8. The first kappa shape index (κ1) is 27.1. The normalized spacial score (nSPS) is 28.0. The fraction of sp³-hybridized carbons (Fsp3) is 0.500. The summed E-state index contributed by atoms with van der Waals surface area (Å²) in [5.41, 5.74) is 1.89. The van der Waals surface area contributed by atoms with E-state index in [0.29, 0.717) is 19.8 Å². The van der Waals surface area contributed by atoms with Crippen LogP contribution in [0.4, 0.5) is 0 Å². The number of ether oxygens (including phenoxy) is 4. The molecule has 0 aromatic heterocycles. The molecule has 0 radical (unpaired) electrons. The fourth-order valence-corrected chi connectivity index (χ4v) is 5.16. The molecule has 0 bridgehead atoms. The summed E-state index contributed by atoms with van der Waals surface area (Å²) in [6.45, 7) is 6.58. The van der Waals surface area contributed by atoms with Crippen molar-refractivity contribution in [2.24, 2.45) is 0 Å². The van der Waals surface area contributed by atoms with Crippen molar-refractivity contribution < 1.29 is 37.3 Å². The number of carbonyl (C=O) groups is 1. The van der Waals surface area contributed by atoms with E-state index in [1.54, 1.807) is 0 Å². The summed E-state index contributed by atoms with van der Waals surface area (Å²) in [7, 11) is -1.69. The average Bonchev–Trinajstić information content (AvgIpc) is 2.89. The highest BCUT2D eigenvalue weighted by atomic mass is 31.2. The Kier molecular flexibility index (Phi) is 10.2. The predicted octanol–water partition coefficient (Wildman–Crippen LogP) is 4.23. The zero-order valence-electron chi connectivity index (χ0n) is 20.8. The largest absolute Gasteiger partial charge is 0.368 e. The van der Waals surface area contributed by atoms with Gasteiger partial charge < -0.3 is 33.3 Å². The molecule has 0 aliphatic carbocycles. The fourth-order valence-electron chi connectivity index (χ4n) is 4.19. The lowest BCUT2D eigenvalue weighted by Crippen LogP contribution is -2.67.